The monoisotopic (exact) mass is 602 g/mol. The van der Waals surface area contributed by atoms with Gasteiger partial charge in [0.2, 0.25) is 0 Å². The molecule has 44 heavy (non-hydrogen) atoms. The van der Waals surface area contributed by atoms with E-state index in [0.717, 1.165) is 22.3 Å². The molecular weight excluding hydrogens is 548 g/mol. The maximum absolute atomic E-state index is 12.9. The number of ketones is 2. The molecule has 240 valence electrons. The van der Waals surface area contributed by atoms with Crippen LogP contribution in [-0.2, 0) is 9.59 Å². The molecule has 0 spiro atoms. The first-order valence-corrected chi connectivity index (χ1v) is 15.5. The van der Waals surface area contributed by atoms with Crippen molar-refractivity contribution >= 4 is 11.6 Å². The minimum Gasteiger partial charge on any atom is -0.393 e. The molecule has 0 saturated heterocycles. The van der Waals surface area contributed by atoms with Crippen LogP contribution >= 0.6 is 0 Å². The molecule has 5 nitrogen and oxygen atoms in total. The van der Waals surface area contributed by atoms with Crippen molar-refractivity contribution in [3.05, 3.63) is 106 Å². The number of hydrogen-bond acceptors (Lipinski definition) is 5. The molecule has 0 bridgehead atoms. The number of Topliss-reactive ketones (excluding diaryl/α,β-unsaturated/α-hetero) is 1. The predicted molar refractivity (Wildman–Crippen MR) is 182 cm³/mol. The lowest BCUT2D eigenvalue weighted by atomic mass is 9.62. The van der Waals surface area contributed by atoms with E-state index >= 15 is 0 Å². The molecule has 1 saturated carbocycles. The van der Waals surface area contributed by atoms with Gasteiger partial charge < -0.3 is 15.3 Å². The molecule has 3 unspecified atom stereocenters. The van der Waals surface area contributed by atoms with Crippen molar-refractivity contribution in [1.82, 2.24) is 0 Å². The molecule has 2 rings (SSSR count). The van der Waals surface area contributed by atoms with Gasteiger partial charge >= 0.3 is 0 Å². The second-order valence-corrected chi connectivity index (χ2v) is 14.3. The van der Waals surface area contributed by atoms with Crippen molar-refractivity contribution in [2.75, 3.05) is 0 Å². The Bertz CT molecular complexity index is 1360. The lowest BCUT2D eigenvalue weighted by molar-refractivity contribution is -0.132. The molecule has 2 aliphatic carbocycles. The summed E-state index contributed by atoms with van der Waals surface area (Å²) in [5.41, 5.74) is 1.84. The van der Waals surface area contributed by atoms with Gasteiger partial charge in [0.15, 0.2) is 11.6 Å². The third kappa shape index (κ3) is 9.95. The van der Waals surface area contributed by atoms with Gasteiger partial charge in [-0.15, -0.1) is 0 Å². The fourth-order valence-corrected chi connectivity index (χ4v) is 6.29. The van der Waals surface area contributed by atoms with Gasteiger partial charge in [0, 0.05) is 24.7 Å². The number of aliphatic hydroxyl groups excluding tert-OH is 1. The lowest BCUT2D eigenvalue weighted by Gasteiger charge is -2.45. The SMILES string of the molecule is CC1=CC(=O)CC(C)(C)C1(O)CC(=O)/C(C)=C/C=C/C(C)=C/C=C/C=C(C)/C=C/C=C(C)/C=C1/C(C)(C)CC(O)CC1(C)O. The maximum Gasteiger partial charge on any atom is 0.161 e. The van der Waals surface area contributed by atoms with E-state index in [9.17, 15) is 24.9 Å². The topological polar surface area (TPSA) is 94.8 Å². The smallest absolute Gasteiger partial charge is 0.161 e. The van der Waals surface area contributed by atoms with Crippen molar-refractivity contribution < 1.29 is 24.9 Å². The second-order valence-electron chi connectivity index (χ2n) is 14.3. The van der Waals surface area contributed by atoms with Crippen LogP contribution in [0.3, 0.4) is 0 Å². The summed E-state index contributed by atoms with van der Waals surface area (Å²) >= 11 is 0. The van der Waals surface area contributed by atoms with Crippen LogP contribution in [0.25, 0.3) is 0 Å². The molecule has 0 aliphatic heterocycles. The first-order chi connectivity index (χ1) is 20.2. The first-order valence-electron chi connectivity index (χ1n) is 15.5. The van der Waals surface area contributed by atoms with E-state index in [1.54, 1.807) is 26.8 Å². The molecule has 0 radical (unpaired) electrons. The lowest BCUT2D eigenvalue weighted by Crippen LogP contribution is -2.50. The number of allylic oxidation sites excluding steroid dienone is 16. The summed E-state index contributed by atoms with van der Waals surface area (Å²) in [5.74, 6) is -0.165. The minimum atomic E-state index is -1.34. The van der Waals surface area contributed by atoms with Crippen molar-refractivity contribution in [3.8, 4) is 0 Å². The van der Waals surface area contributed by atoms with Gasteiger partial charge in [-0.25, -0.2) is 0 Å². The van der Waals surface area contributed by atoms with Crippen LogP contribution in [0, 0.1) is 10.8 Å². The van der Waals surface area contributed by atoms with E-state index in [4.69, 9.17) is 0 Å². The van der Waals surface area contributed by atoms with E-state index in [1.807, 2.05) is 95.4 Å². The largest absolute Gasteiger partial charge is 0.393 e. The summed E-state index contributed by atoms with van der Waals surface area (Å²) < 4.78 is 0. The summed E-state index contributed by atoms with van der Waals surface area (Å²) in [4.78, 5) is 24.9. The van der Waals surface area contributed by atoms with Crippen LogP contribution in [0.5, 0.6) is 0 Å². The van der Waals surface area contributed by atoms with Crippen LogP contribution < -0.4 is 0 Å². The van der Waals surface area contributed by atoms with Gasteiger partial charge in [-0.2, -0.15) is 0 Å². The molecular formula is C39H54O5. The predicted octanol–water partition coefficient (Wildman–Crippen LogP) is 7.93. The van der Waals surface area contributed by atoms with Gasteiger partial charge in [0.1, 0.15) is 0 Å². The number of hydrogen-bond donors (Lipinski definition) is 3. The number of carbonyl (C=O) groups excluding carboxylic acids is 2. The standard InChI is InChI=1S/C39H54O5/c1-27(17-13-19-29(3)21-35-36(6,7)23-33(41)25-38(35,10)43)15-11-12-16-28(2)18-14-20-30(4)34(42)26-39(44)31(5)22-32(40)24-37(39,8)9/h11-22,33,41,43-44H,23-26H2,1-10H3/b12-11+,17-13+,18-14+,27-15+,28-16+,29-19+,30-20+,35-21-. The number of aliphatic hydroxyl groups is 3. The Morgan fingerprint density at radius 3 is 1.89 bits per heavy atom. The highest BCUT2D eigenvalue weighted by atomic mass is 16.3. The van der Waals surface area contributed by atoms with Gasteiger partial charge in [-0.05, 0) is 76.2 Å². The zero-order valence-corrected chi connectivity index (χ0v) is 28.5. The van der Waals surface area contributed by atoms with Gasteiger partial charge in [0.25, 0.3) is 0 Å². The Balaban J connectivity index is 1.98. The Labute approximate surface area is 265 Å². The molecule has 0 aromatic heterocycles. The summed E-state index contributed by atoms with van der Waals surface area (Å²) in [6, 6.07) is 0. The average molecular weight is 603 g/mol. The van der Waals surface area contributed by atoms with Crippen molar-refractivity contribution in [1.29, 1.82) is 0 Å². The molecule has 0 amide bonds. The molecule has 5 heteroatoms. The maximum atomic E-state index is 12.9. The van der Waals surface area contributed by atoms with Crippen LogP contribution in [0.4, 0.5) is 0 Å². The Kier molecular flexibility index (Phi) is 12.4. The Morgan fingerprint density at radius 1 is 0.841 bits per heavy atom. The van der Waals surface area contributed by atoms with Crippen molar-refractivity contribution in [2.45, 2.75) is 112 Å². The van der Waals surface area contributed by atoms with Crippen molar-refractivity contribution in [3.63, 3.8) is 0 Å². The van der Waals surface area contributed by atoms with Crippen LogP contribution in [0.2, 0.25) is 0 Å². The first kappa shape index (κ1) is 37.1. The Hall–Kier alpha value is -3.12. The van der Waals surface area contributed by atoms with Gasteiger partial charge in [-0.1, -0.05) is 111 Å². The van der Waals surface area contributed by atoms with E-state index < -0.39 is 22.7 Å². The summed E-state index contributed by atoms with van der Waals surface area (Å²) in [6.45, 7) is 19.1. The normalized spacial score (nSPS) is 29.8. The van der Waals surface area contributed by atoms with Crippen LogP contribution in [-0.4, -0.2) is 44.2 Å². The van der Waals surface area contributed by atoms with Gasteiger partial charge in [0.05, 0.1) is 17.3 Å². The molecule has 0 aromatic carbocycles. The van der Waals surface area contributed by atoms with Crippen molar-refractivity contribution in [2.24, 2.45) is 10.8 Å². The zero-order valence-electron chi connectivity index (χ0n) is 28.5. The number of carbonyl (C=O) groups is 2. The third-order valence-corrected chi connectivity index (χ3v) is 8.94. The molecule has 0 aromatic rings. The average Bonchev–Trinajstić information content (AvgIpc) is 2.86. The highest BCUT2D eigenvalue weighted by Gasteiger charge is 2.49. The van der Waals surface area contributed by atoms with Crippen LogP contribution in [0.1, 0.15) is 94.9 Å². The fraction of sp³-hybridized carbons (Fsp3) is 0.487. The fourth-order valence-electron chi connectivity index (χ4n) is 6.29. The molecule has 3 atom stereocenters. The molecule has 0 heterocycles. The quantitative estimate of drug-likeness (QED) is 0.174. The molecule has 3 N–H and O–H groups in total. The highest BCUT2D eigenvalue weighted by Crippen LogP contribution is 2.47. The molecule has 2 aliphatic rings. The van der Waals surface area contributed by atoms with E-state index in [-0.39, 0.29) is 29.8 Å². The van der Waals surface area contributed by atoms with E-state index in [2.05, 4.69) is 13.8 Å². The van der Waals surface area contributed by atoms with Gasteiger partial charge in [-0.3, -0.25) is 9.59 Å². The summed E-state index contributed by atoms with van der Waals surface area (Å²) in [6.07, 6.45) is 23.7. The van der Waals surface area contributed by atoms with E-state index in [0.29, 0.717) is 24.0 Å². The number of rotatable bonds is 10. The third-order valence-electron chi connectivity index (χ3n) is 8.94. The van der Waals surface area contributed by atoms with E-state index in [1.165, 1.54) is 6.08 Å². The zero-order chi connectivity index (χ0) is 33.5. The summed E-state index contributed by atoms with van der Waals surface area (Å²) in [7, 11) is 0. The molecule has 1 fully saturated rings. The minimum absolute atomic E-state index is 0.0204. The summed E-state index contributed by atoms with van der Waals surface area (Å²) in [5, 5.41) is 32.4. The highest BCUT2D eigenvalue weighted by molar-refractivity contribution is 5.97. The van der Waals surface area contributed by atoms with Crippen LogP contribution in [0.15, 0.2) is 106 Å². The Morgan fingerprint density at radius 2 is 1.36 bits per heavy atom. The second kappa shape index (κ2) is 14.8.